The number of rotatable bonds is 5. The molecule has 0 aliphatic heterocycles. The maximum absolute atomic E-state index is 13.4. The lowest BCUT2D eigenvalue weighted by atomic mass is 10.1. The zero-order valence-electron chi connectivity index (χ0n) is 12.8. The SMILES string of the molecule is CC(C)CCN(C(=O)c1cc(F)cnc1N)C1CCCC1. The number of nitrogen functional groups attached to an aromatic ring is 1. The van der Waals surface area contributed by atoms with Gasteiger partial charge in [0.05, 0.1) is 11.8 Å². The number of anilines is 1. The van der Waals surface area contributed by atoms with E-state index >= 15 is 0 Å². The molecule has 5 heteroatoms. The smallest absolute Gasteiger partial charge is 0.257 e. The number of pyridine rings is 1. The van der Waals surface area contributed by atoms with Crippen molar-refractivity contribution in [2.75, 3.05) is 12.3 Å². The standard InChI is InChI=1S/C16H24FN3O/c1-11(2)7-8-20(13-5-3-4-6-13)16(21)14-9-12(17)10-19-15(14)18/h9-11,13H,3-8H2,1-2H3,(H2,18,19). The fraction of sp³-hybridized carbons (Fsp3) is 0.625. The molecule has 1 saturated carbocycles. The molecule has 1 amide bonds. The highest BCUT2D eigenvalue weighted by atomic mass is 19.1. The summed E-state index contributed by atoms with van der Waals surface area (Å²) in [6, 6.07) is 1.45. The van der Waals surface area contributed by atoms with E-state index in [1.165, 1.54) is 6.07 Å². The van der Waals surface area contributed by atoms with Gasteiger partial charge in [0.15, 0.2) is 0 Å². The summed E-state index contributed by atoms with van der Waals surface area (Å²) < 4.78 is 13.4. The Bertz CT molecular complexity index is 498. The van der Waals surface area contributed by atoms with Crippen LogP contribution in [0, 0.1) is 11.7 Å². The summed E-state index contributed by atoms with van der Waals surface area (Å²) in [6.45, 7) is 4.96. The molecular weight excluding hydrogens is 269 g/mol. The molecule has 21 heavy (non-hydrogen) atoms. The van der Waals surface area contributed by atoms with Gasteiger partial charge in [-0.05, 0) is 31.2 Å². The maximum atomic E-state index is 13.4. The van der Waals surface area contributed by atoms with E-state index in [1.807, 2.05) is 4.90 Å². The summed E-state index contributed by atoms with van der Waals surface area (Å²) in [6.07, 6.45) is 6.31. The van der Waals surface area contributed by atoms with Gasteiger partial charge in [0.1, 0.15) is 11.6 Å². The molecule has 2 N–H and O–H groups in total. The van der Waals surface area contributed by atoms with Crippen molar-refractivity contribution in [2.45, 2.75) is 52.0 Å². The van der Waals surface area contributed by atoms with Crippen molar-refractivity contribution < 1.29 is 9.18 Å². The van der Waals surface area contributed by atoms with E-state index in [0.717, 1.165) is 38.3 Å². The number of halogens is 1. The Balaban J connectivity index is 2.21. The molecular formula is C16H24FN3O. The Morgan fingerprint density at radius 2 is 2.14 bits per heavy atom. The monoisotopic (exact) mass is 293 g/mol. The van der Waals surface area contributed by atoms with E-state index in [0.29, 0.717) is 12.5 Å². The lowest BCUT2D eigenvalue weighted by molar-refractivity contribution is 0.0672. The van der Waals surface area contributed by atoms with E-state index in [4.69, 9.17) is 5.73 Å². The molecule has 4 nitrogen and oxygen atoms in total. The predicted octanol–water partition coefficient (Wildman–Crippen LogP) is 3.23. The first-order valence-corrected chi connectivity index (χ1v) is 7.71. The predicted molar refractivity (Wildman–Crippen MR) is 81.4 cm³/mol. The van der Waals surface area contributed by atoms with Crippen molar-refractivity contribution in [3.63, 3.8) is 0 Å². The van der Waals surface area contributed by atoms with Gasteiger partial charge in [-0.25, -0.2) is 9.37 Å². The van der Waals surface area contributed by atoms with Gasteiger partial charge in [0.25, 0.3) is 5.91 Å². The zero-order chi connectivity index (χ0) is 15.4. The molecule has 0 unspecified atom stereocenters. The number of nitrogens with two attached hydrogens (primary N) is 1. The van der Waals surface area contributed by atoms with Crippen LogP contribution in [-0.4, -0.2) is 28.4 Å². The number of carbonyl (C=O) groups excluding carboxylic acids is 1. The number of nitrogens with zero attached hydrogens (tertiary/aromatic N) is 2. The summed E-state index contributed by atoms with van der Waals surface area (Å²) in [5.41, 5.74) is 5.94. The molecule has 0 saturated heterocycles. The molecule has 1 aromatic heterocycles. The van der Waals surface area contributed by atoms with Crippen molar-refractivity contribution in [1.29, 1.82) is 0 Å². The third kappa shape index (κ3) is 3.93. The van der Waals surface area contributed by atoms with Crippen LogP contribution in [0.3, 0.4) is 0 Å². The van der Waals surface area contributed by atoms with E-state index in [9.17, 15) is 9.18 Å². The van der Waals surface area contributed by atoms with Crippen LogP contribution in [0.4, 0.5) is 10.2 Å². The van der Waals surface area contributed by atoms with Gasteiger partial charge in [0.2, 0.25) is 0 Å². The third-order valence-corrected chi connectivity index (χ3v) is 4.09. The molecule has 1 aliphatic rings. The van der Waals surface area contributed by atoms with Crippen molar-refractivity contribution in [2.24, 2.45) is 5.92 Å². The Labute approximate surface area is 125 Å². The van der Waals surface area contributed by atoms with Crippen LogP contribution in [0.1, 0.15) is 56.3 Å². The molecule has 0 spiro atoms. The summed E-state index contributed by atoms with van der Waals surface area (Å²) in [5, 5.41) is 0. The zero-order valence-corrected chi connectivity index (χ0v) is 12.8. The summed E-state index contributed by atoms with van der Waals surface area (Å²) >= 11 is 0. The van der Waals surface area contributed by atoms with Crippen molar-refractivity contribution in [1.82, 2.24) is 9.88 Å². The second kappa shape index (κ2) is 6.87. The second-order valence-corrected chi connectivity index (χ2v) is 6.21. The average Bonchev–Trinajstić information content (AvgIpc) is 2.95. The van der Waals surface area contributed by atoms with E-state index < -0.39 is 5.82 Å². The third-order valence-electron chi connectivity index (χ3n) is 4.09. The van der Waals surface area contributed by atoms with E-state index in [-0.39, 0.29) is 23.3 Å². The summed E-state index contributed by atoms with van der Waals surface area (Å²) in [4.78, 5) is 18.4. The first-order chi connectivity index (χ1) is 9.99. The fourth-order valence-electron chi connectivity index (χ4n) is 2.84. The molecule has 2 rings (SSSR count). The number of hydrogen-bond acceptors (Lipinski definition) is 3. The minimum absolute atomic E-state index is 0.106. The molecule has 1 heterocycles. The van der Waals surface area contributed by atoms with Crippen LogP contribution in [0.15, 0.2) is 12.3 Å². The lowest BCUT2D eigenvalue weighted by Crippen LogP contribution is -2.40. The molecule has 1 fully saturated rings. The largest absolute Gasteiger partial charge is 0.383 e. The van der Waals surface area contributed by atoms with Gasteiger partial charge in [-0.2, -0.15) is 0 Å². The Morgan fingerprint density at radius 3 is 2.76 bits per heavy atom. The van der Waals surface area contributed by atoms with Gasteiger partial charge >= 0.3 is 0 Å². The highest BCUT2D eigenvalue weighted by Crippen LogP contribution is 2.26. The molecule has 0 aromatic carbocycles. The maximum Gasteiger partial charge on any atom is 0.257 e. The fourth-order valence-corrected chi connectivity index (χ4v) is 2.84. The highest BCUT2D eigenvalue weighted by Gasteiger charge is 2.28. The van der Waals surface area contributed by atoms with Crippen LogP contribution < -0.4 is 5.73 Å². The highest BCUT2D eigenvalue weighted by molar-refractivity contribution is 5.98. The number of aromatic nitrogens is 1. The van der Waals surface area contributed by atoms with E-state index in [1.54, 1.807) is 0 Å². The Kier molecular flexibility index (Phi) is 5.15. The van der Waals surface area contributed by atoms with Crippen molar-refractivity contribution in [3.8, 4) is 0 Å². The van der Waals surface area contributed by atoms with Gasteiger partial charge in [-0.15, -0.1) is 0 Å². The van der Waals surface area contributed by atoms with Gasteiger partial charge in [-0.1, -0.05) is 26.7 Å². The van der Waals surface area contributed by atoms with Crippen LogP contribution in [-0.2, 0) is 0 Å². The van der Waals surface area contributed by atoms with E-state index in [2.05, 4.69) is 18.8 Å². The quantitative estimate of drug-likeness (QED) is 0.906. The Hall–Kier alpha value is -1.65. The number of carbonyl (C=O) groups is 1. The summed E-state index contributed by atoms with van der Waals surface area (Å²) in [7, 11) is 0. The summed E-state index contributed by atoms with van der Waals surface area (Å²) in [5.74, 6) is -0.0894. The minimum atomic E-state index is -0.525. The van der Waals surface area contributed by atoms with Gasteiger partial charge < -0.3 is 10.6 Å². The molecule has 0 radical (unpaired) electrons. The second-order valence-electron chi connectivity index (χ2n) is 6.21. The molecule has 116 valence electrons. The first-order valence-electron chi connectivity index (χ1n) is 7.71. The first kappa shape index (κ1) is 15.7. The lowest BCUT2D eigenvalue weighted by Gasteiger charge is -2.30. The average molecular weight is 293 g/mol. The molecule has 1 aliphatic carbocycles. The van der Waals surface area contributed by atoms with Crippen LogP contribution in [0.2, 0.25) is 0 Å². The number of amides is 1. The number of hydrogen-bond donors (Lipinski definition) is 1. The normalized spacial score (nSPS) is 15.6. The van der Waals surface area contributed by atoms with Crippen molar-refractivity contribution >= 4 is 11.7 Å². The van der Waals surface area contributed by atoms with Crippen molar-refractivity contribution in [3.05, 3.63) is 23.6 Å². The topological polar surface area (TPSA) is 59.2 Å². The van der Waals surface area contributed by atoms with Gasteiger partial charge in [-0.3, -0.25) is 4.79 Å². The van der Waals surface area contributed by atoms with Gasteiger partial charge in [0, 0.05) is 12.6 Å². The molecule has 0 atom stereocenters. The Morgan fingerprint density at radius 1 is 1.48 bits per heavy atom. The van der Waals surface area contributed by atoms with Crippen LogP contribution in [0.5, 0.6) is 0 Å². The molecule has 1 aromatic rings. The minimum Gasteiger partial charge on any atom is -0.383 e. The van der Waals surface area contributed by atoms with Crippen LogP contribution in [0.25, 0.3) is 0 Å². The molecule has 0 bridgehead atoms. The van der Waals surface area contributed by atoms with Crippen LogP contribution >= 0.6 is 0 Å².